The monoisotopic (exact) mass is 417 g/mol. The Hall–Kier alpha value is -3.58. The highest BCUT2D eigenvalue weighted by Gasteiger charge is 2.18. The zero-order valence-electron chi connectivity index (χ0n) is 17.4. The molecule has 1 aliphatic rings. The van der Waals surface area contributed by atoms with Crippen LogP contribution < -0.4 is 15.0 Å². The molecule has 3 heterocycles. The van der Waals surface area contributed by atoms with Crippen molar-refractivity contribution >= 4 is 5.52 Å². The predicted molar refractivity (Wildman–Crippen MR) is 117 cm³/mol. The molecule has 7 nitrogen and oxygen atoms in total. The quantitative estimate of drug-likeness (QED) is 0.535. The molecule has 158 valence electrons. The number of hydrogen-bond donors (Lipinski definition) is 1. The number of aliphatic hydroxyl groups excluding tert-OH is 1. The molecule has 2 aromatic carbocycles. The van der Waals surface area contributed by atoms with E-state index in [2.05, 4.69) is 31.1 Å². The average molecular weight is 417 g/mol. The van der Waals surface area contributed by atoms with Crippen molar-refractivity contribution in [1.82, 2.24) is 14.2 Å². The van der Waals surface area contributed by atoms with Crippen LogP contribution in [0.2, 0.25) is 0 Å². The van der Waals surface area contributed by atoms with E-state index in [9.17, 15) is 9.90 Å². The van der Waals surface area contributed by atoms with Crippen LogP contribution in [-0.2, 0) is 6.54 Å². The van der Waals surface area contributed by atoms with Gasteiger partial charge in [-0.3, -0.25) is 4.79 Å². The van der Waals surface area contributed by atoms with Crippen molar-refractivity contribution in [2.75, 3.05) is 6.79 Å². The third-order valence-electron chi connectivity index (χ3n) is 5.63. The number of ether oxygens (including phenoxy) is 2. The molecule has 0 fully saturated rings. The predicted octanol–water partition coefficient (Wildman–Crippen LogP) is 3.75. The second kappa shape index (κ2) is 7.59. The van der Waals surface area contributed by atoms with Crippen molar-refractivity contribution in [3.05, 3.63) is 82.4 Å². The molecular formula is C24H23N3O4. The summed E-state index contributed by atoms with van der Waals surface area (Å²) in [4.78, 5) is 13.0. The fourth-order valence-corrected chi connectivity index (χ4v) is 3.76. The molecule has 0 radical (unpaired) electrons. The molecule has 0 unspecified atom stereocenters. The first-order valence-electron chi connectivity index (χ1n) is 10.3. The highest BCUT2D eigenvalue weighted by molar-refractivity contribution is 5.65. The fraction of sp³-hybridized carbons (Fsp3) is 0.250. The summed E-state index contributed by atoms with van der Waals surface area (Å²) in [6, 6.07) is 15.3. The fourth-order valence-electron chi connectivity index (χ4n) is 3.76. The van der Waals surface area contributed by atoms with Crippen LogP contribution in [0, 0.1) is 0 Å². The van der Waals surface area contributed by atoms with Gasteiger partial charge in [-0.25, -0.2) is 4.52 Å². The van der Waals surface area contributed by atoms with Crippen molar-refractivity contribution in [3.8, 4) is 22.8 Å². The molecule has 0 spiro atoms. The van der Waals surface area contributed by atoms with E-state index in [-0.39, 0.29) is 18.9 Å². The standard InChI is InChI=1S/C24H23N3O4/c1-15(2)16-3-5-17(6-4-16)19-12-20-24(29)26(9-10-27(20)25-19)13-21(28)18-7-8-22-23(11-18)31-14-30-22/h3-12,15,21,28H,13-14H2,1-2H3/t21-/m0/s1. The van der Waals surface area contributed by atoms with Gasteiger partial charge in [0, 0.05) is 18.0 Å². The molecule has 0 aliphatic carbocycles. The van der Waals surface area contributed by atoms with Crippen LogP contribution in [0.3, 0.4) is 0 Å². The van der Waals surface area contributed by atoms with E-state index in [1.54, 1.807) is 41.2 Å². The lowest BCUT2D eigenvalue weighted by atomic mass is 10.0. The third-order valence-corrected chi connectivity index (χ3v) is 5.63. The molecule has 4 aromatic rings. The van der Waals surface area contributed by atoms with Crippen LogP contribution in [-0.4, -0.2) is 26.1 Å². The van der Waals surface area contributed by atoms with Crippen molar-refractivity contribution in [2.24, 2.45) is 0 Å². The van der Waals surface area contributed by atoms with Gasteiger partial charge in [-0.1, -0.05) is 44.2 Å². The van der Waals surface area contributed by atoms with Gasteiger partial charge in [-0.05, 0) is 35.2 Å². The molecule has 1 N–H and O–H groups in total. The van der Waals surface area contributed by atoms with Crippen molar-refractivity contribution in [3.63, 3.8) is 0 Å². The summed E-state index contributed by atoms with van der Waals surface area (Å²) < 4.78 is 13.8. The summed E-state index contributed by atoms with van der Waals surface area (Å²) in [7, 11) is 0. The molecule has 2 aromatic heterocycles. The summed E-state index contributed by atoms with van der Waals surface area (Å²) in [6.45, 7) is 4.61. The molecule has 1 aliphatic heterocycles. The number of aromatic nitrogens is 3. The number of rotatable bonds is 5. The number of aliphatic hydroxyl groups is 1. The lowest BCUT2D eigenvalue weighted by Crippen LogP contribution is -2.24. The zero-order valence-corrected chi connectivity index (χ0v) is 17.4. The Morgan fingerprint density at radius 1 is 1.00 bits per heavy atom. The molecule has 0 saturated heterocycles. The van der Waals surface area contributed by atoms with Gasteiger partial charge in [-0.15, -0.1) is 0 Å². The van der Waals surface area contributed by atoms with E-state index < -0.39 is 6.10 Å². The van der Waals surface area contributed by atoms with Gasteiger partial charge in [0.05, 0.1) is 18.3 Å². The van der Waals surface area contributed by atoms with E-state index in [0.29, 0.717) is 28.5 Å². The minimum atomic E-state index is -0.861. The Bertz CT molecular complexity index is 1300. The summed E-state index contributed by atoms with van der Waals surface area (Å²) >= 11 is 0. The van der Waals surface area contributed by atoms with Crippen LogP contribution in [0.25, 0.3) is 16.8 Å². The van der Waals surface area contributed by atoms with Crippen LogP contribution in [0.5, 0.6) is 11.5 Å². The van der Waals surface area contributed by atoms with Crippen LogP contribution >= 0.6 is 0 Å². The highest BCUT2D eigenvalue weighted by atomic mass is 16.7. The summed E-state index contributed by atoms with van der Waals surface area (Å²) in [5, 5.41) is 15.2. The van der Waals surface area contributed by atoms with Gasteiger partial charge >= 0.3 is 0 Å². The normalized spacial score (nSPS) is 13.8. The molecule has 7 heteroatoms. The molecule has 0 bridgehead atoms. The second-order valence-electron chi connectivity index (χ2n) is 8.02. The Morgan fingerprint density at radius 3 is 2.52 bits per heavy atom. The van der Waals surface area contributed by atoms with Crippen LogP contribution in [0.1, 0.15) is 37.0 Å². The van der Waals surface area contributed by atoms with Gasteiger partial charge < -0.3 is 19.1 Å². The van der Waals surface area contributed by atoms with Crippen molar-refractivity contribution < 1.29 is 14.6 Å². The Labute approximate surface area is 179 Å². The van der Waals surface area contributed by atoms with E-state index in [1.807, 2.05) is 12.1 Å². The largest absolute Gasteiger partial charge is 0.454 e. The lowest BCUT2D eigenvalue weighted by Gasteiger charge is -2.13. The minimum Gasteiger partial charge on any atom is -0.454 e. The first-order chi connectivity index (χ1) is 15.0. The summed E-state index contributed by atoms with van der Waals surface area (Å²) in [5.74, 6) is 1.71. The van der Waals surface area contributed by atoms with Crippen molar-refractivity contribution in [1.29, 1.82) is 0 Å². The minimum absolute atomic E-state index is 0.124. The van der Waals surface area contributed by atoms with Crippen LogP contribution in [0.15, 0.2) is 65.7 Å². The Morgan fingerprint density at radius 2 is 1.74 bits per heavy atom. The topological polar surface area (TPSA) is 78.0 Å². The summed E-state index contributed by atoms with van der Waals surface area (Å²) in [6.07, 6.45) is 2.51. The maximum absolute atomic E-state index is 13.0. The second-order valence-corrected chi connectivity index (χ2v) is 8.02. The molecule has 0 saturated carbocycles. The van der Waals surface area contributed by atoms with E-state index >= 15 is 0 Å². The third kappa shape index (κ3) is 3.57. The molecule has 1 atom stereocenters. The number of nitrogens with zero attached hydrogens (tertiary/aromatic N) is 3. The van der Waals surface area contributed by atoms with Gasteiger partial charge in [0.15, 0.2) is 11.5 Å². The molecule has 0 amide bonds. The highest BCUT2D eigenvalue weighted by Crippen LogP contribution is 2.34. The smallest absolute Gasteiger partial charge is 0.276 e. The zero-order chi connectivity index (χ0) is 21.5. The van der Waals surface area contributed by atoms with Crippen molar-refractivity contribution in [2.45, 2.75) is 32.4 Å². The average Bonchev–Trinajstić information content (AvgIpc) is 3.42. The summed E-state index contributed by atoms with van der Waals surface area (Å²) in [5.41, 5.74) is 3.87. The number of fused-ring (bicyclic) bond motifs is 2. The van der Waals surface area contributed by atoms with Crippen LogP contribution in [0.4, 0.5) is 0 Å². The number of benzene rings is 2. The SMILES string of the molecule is CC(C)c1ccc(-c2cc3c(=O)n(C[C@H](O)c4ccc5c(c4)OCO5)ccn3n2)cc1. The van der Waals surface area contributed by atoms with Gasteiger partial charge in [-0.2, -0.15) is 5.10 Å². The Balaban J connectivity index is 1.42. The lowest BCUT2D eigenvalue weighted by molar-refractivity contribution is 0.154. The van der Waals surface area contributed by atoms with Gasteiger partial charge in [0.25, 0.3) is 5.56 Å². The first-order valence-corrected chi connectivity index (χ1v) is 10.3. The molecule has 31 heavy (non-hydrogen) atoms. The maximum atomic E-state index is 13.0. The number of hydrogen-bond acceptors (Lipinski definition) is 5. The first kappa shape index (κ1) is 19.4. The van der Waals surface area contributed by atoms with Gasteiger partial charge in [0.2, 0.25) is 6.79 Å². The van der Waals surface area contributed by atoms with E-state index in [4.69, 9.17) is 9.47 Å². The molecule has 5 rings (SSSR count). The van der Waals surface area contributed by atoms with E-state index in [1.165, 1.54) is 10.1 Å². The maximum Gasteiger partial charge on any atom is 0.276 e. The van der Waals surface area contributed by atoms with Gasteiger partial charge in [0.1, 0.15) is 5.52 Å². The molecular weight excluding hydrogens is 394 g/mol. The van der Waals surface area contributed by atoms with E-state index in [0.717, 1.165) is 11.3 Å². The Kier molecular flexibility index (Phi) is 4.75.